The van der Waals surface area contributed by atoms with Gasteiger partial charge in [0, 0.05) is 18.7 Å². The number of nitrogens with one attached hydrogen (secondary N) is 2. The summed E-state index contributed by atoms with van der Waals surface area (Å²) >= 11 is 0. The molecule has 1 unspecified atom stereocenters. The summed E-state index contributed by atoms with van der Waals surface area (Å²) in [6.07, 6.45) is -2.61. The third-order valence-electron chi connectivity index (χ3n) is 3.48. The van der Waals surface area contributed by atoms with Gasteiger partial charge >= 0.3 is 6.18 Å². The molecule has 0 aliphatic carbocycles. The summed E-state index contributed by atoms with van der Waals surface area (Å²) in [6.45, 7) is 0.365. The van der Waals surface area contributed by atoms with Crippen LogP contribution in [0.1, 0.15) is 18.4 Å². The number of benzene rings is 1. The number of carbonyl (C=O) groups is 1. The highest BCUT2D eigenvalue weighted by Gasteiger charge is 2.28. The van der Waals surface area contributed by atoms with E-state index in [0.717, 1.165) is 19.4 Å². The summed E-state index contributed by atoms with van der Waals surface area (Å²) in [5, 5.41) is 5.92. The van der Waals surface area contributed by atoms with Crippen molar-refractivity contribution in [2.45, 2.75) is 25.6 Å². The molecule has 1 heterocycles. The van der Waals surface area contributed by atoms with Gasteiger partial charge in [0.15, 0.2) is 6.61 Å². The first-order valence-electron chi connectivity index (χ1n) is 7.21. The van der Waals surface area contributed by atoms with E-state index >= 15 is 0 Å². The summed E-state index contributed by atoms with van der Waals surface area (Å²) in [5.74, 6) is -0.0308. The SMILES string of the molecule is O=C(NCc1ccccc1OCC(F)(F)F)C1CCCNC1. The highest BCUT2D eigenvalue weighted by Crippen LogP contribution is 2.22. The number of hydrogen-bond donors (Lipinski definition) is 2. The molecule has 1 aromatic rings. The lowest BCUT2D eigenvalue weighted by atomic mass is 9.99. The Morgan fingerprint density at radius 1 is 1.36 bits per heavy atom. The number of amides is 1. The Balaban J connectivity index is 1.90. The number of alkyl halides is 3. The summed E-state index contributed by atoms with van der Waals surface area (Å²) in [6, 6.07) is 6.41. The zero-order valence-corrected chi connectivity index (χ0v) is 12.1. The smallest absolute Gasteiger partial charge is 0.422 e. The van der Waals surface area contributed by atoms with Crippen LogP contribution in [0, 0.1) is 5.92 Å². The van der Waals surface area contributed by atoms with Gasteiger partial charge in [-0.2, -0.15) is 13.2 Å². The second-order valence-electron chi connectivity index (χ2n) is 5.27. The van der Waals surface area contributed by atoms with Crippen LogP contribution in [0.4, 0.5) is 13.2 Å². The first-order valence-corrected chi connectivity index (χ1v) is 7.21. The molecule has 1 fully saturated rings. The van der Waals surface area contributed by atoms with Crippen LogP contribution in [-0.4, -0.2) is 31.8 Å². The fourth-order valence-corrected chi connectivity index (χ4v) is 2.35. The van der Waals surface area contributed by atoms with E-state index in [2.05, 4.69) is 10.6 Å². The average Bonchev–Trinajstić information content (AvgIpc) is 2.51. The van der Waals surface area contributed by atoms with Crippen LogP contribution >= 0.6 is 0 Å². The first kappa shape index (κ1) is 16.6. The lowest BCUT2D eigenvalue weighted by molar-refractivity contribution is -0.153. The zero-order valence-electron chi connectivity index (χ0n) is 12.1. The largest absolute Gasteiger partial charge is 0.484 e. The number of piperidine rings is 1. The van der Waals surface area contributed by atoms with Gasteiger partial charge in [0.2, 0.25) is 5.91 Å². The van der Waals surface area contributed by atoms with Gasteiger partial charge in [-0.3, -0.25) is 4.79 Å². The third kappa shape index (κ3) is 5.22. The molecule has 0 saturated carbocycles. The van der Waals surface area contributed by atoms with Crippen molar-refractivity contribution >= 4 is 5.91 Å². The van der Waals surface area contributed by atoms with Gasteiger partial charge in [-0.1, -0.05) is 18.2 Å². The van der Waals surface area contributed by atoms with Crippen molar-refractivity contribution in [3.63, 3.8) is 0 Å². The molecule has 7 heteroatoms. The van der Waals surface area contributed by atoms with E-state index in [0.29, 0.717) is 12.1 Å². The minimum Gasteiger partial charge on any atom is -0.484 e. The summed E-state index contributed by atoms with van der Waals surface area (Å²) in [4.78, 5) is 12.0. The van der Waals surface area contributed by atoms with Crippen LogP contribution in [0.5, 0.6) is 5.75 Å². The molecule has 2 rings (SSSR count). The highest BCUT2D eigenvalue weighted by atomic mass is 19.4. The summed E-state index contributed by atoms with van der Waals surface area (Å²) in [5.41, 5.74) is 0.531. The maximum atomic E-state index is 12.2. The first-order chi connectivity index (χ1) is 10.5. The van der Waals surface area contributed by atoms with Gasteiger partial charge in [0.05, 0.1) is 5.92 Å². The van der Waals surface area contributed by atoms with E-state index < -0.39 is 12.8 Å². The molecule has 1 aromatic carbocycles. The Morgan fingerprint density at radius 2 is 2.14 bits per heavy atom. The number of halogens is 3. The Hall–Kier alpha value is -1.76. The standard InChI is InChI=1S/C15H19F3N2O2/c16-15(17,18)10-22-13-6-2-1-4-11(13)9-20-14(21)12-5-3-7-19-8-12/h1-2,4,6,12,19H,3,5,7-10H2,(H,20,21). The predicted molar refractivity (Wildman–Crippen MR) is 75.4 cm³/mol. The second-order valence-corrected chi connectivity index (χ2v) is 5.27. The average molecular weight is 316 g/mol. The van der Waals surface area contributed by atoms with E-state index in [1.807, 2.05) is 0 Å². The zero-order chi connectivity index (χ0) is 16.0. The van der Waals surface area contributed by atoms with Crippen LogP contribution in [0.3, 0.4) is 0 Å². The maximum absolute atomic E-state index is 12.2. The van der Waals surface area contributed by atoms with Gasteiger partial charge < -0.3 is 15.4 Å². The molecule has 122 valence electrons. The van der Waals surface area contributed by atoms with E-state index in [-0.39, 0.29) is 24.1 Å². The minimum absolute atomic E-state index is 0.0853. The predicted octanol–water partition coefficient (Wildman–Crippen LogP) is 2.24. The third-order valence-corrected chi connectivity index (χ3v) is 3.48. The highest BCUT2D eigenvalue weighted by molar-refractivity contribution is 5.79. The van der Waals surface area contributed by atoms with Gasteiger partial charge in [-0.25, -0.2) is 0 Å². The van der Waals surface area contributed by atoms with Crippen molar-refractivity contribution in [2.24, 2.45) is 5.92 Å². The van der Waals surface area contributed by atoms with Crippen LogP contribution in [0.25, 0.3) is 0 Å². The minimum atomic E-state index is -4.38. The van der Waals surface area contributed by atoms with Gasteiger partial charge in [-0.05, 0) is 25.5 Å². The molecule has 0 bridgehead atoms. The molecule has 22 heavy (non-hydrogen) atoms. The fourth-order valence-electron chi connectivity index (χ4n) is 2.35. The normalized spacial score (nSPS) is 18.8. The topological polar surface area (TPSA) is 50.4 Å². The number of carbonyl (C=O) groups excluding carboxylic acids is 1. The molecule has 4 nitrogen and oxygen atoms in total. The summed E-state index contributed by atoms with van der Waals surface area (Å²) < 4.78 is 41.5. The van der Waals surface area contributed by atoms with Crippen LogP contribution in [0.2, 0.25) is 0 Å². The Labute approximate surface area is 127 Å². The maximum Gasteiger partial charge on any atom is 0.422 e. The van der Waals surface area contributed by atoms with Crippen molar-refractivity contribution in [1.82, 2.24) is 10.6 Å². The number of para-hydroxylation sites is 1. The van der Waals surface area contributed by atoms with E-state index in [1.165, 1.54) is 6.07 Å². The monoisotopic (exact) mass is 316 g/mol. The molecule has 0 radical (unpaired) electrons. The van der Waals surface area contributed by atoms with E-state index in [1.54, 1.807) is 18.2 Å². The van der Waals surface area contributed by atoms with Crippen molar-refractivity contribution < 1.29 is 22.7 Å². The molecule has 1 aliphatic rings. The van der Waals surface area contributed by atoms with Crippen LogP contribution < -0.4 is 15.4 Å². The summed E-state index contributed by atoms with van der Waals surface area (Å²) in [7, 11) is 0. The lowest BCUT2D eigenvalue weighted by Crippen LogP contribution is -2.40. The van der Waals surface area contributed by atoms with Crippen molar-refractivity contribution in [2.75, 3.05) is 19.7 Å². The molecule has 1 atom stereocenters. The van der Waals surface area contributed by atoms with Crippen molar-refractivity contribution in [3.8, 4) is 5.75 Å². The quantitative estimate of drug-likeness (QED) is 0.876. The molecule has 0 aromatic heterocycles. The molecular weight excluding hydrogens is 297 g/mol. The molecule has 1 amide bonds. The number of hydrogen-bond acceptors (Lipinski definition) is 3. The fraction of sp³-hybridized carbons (Fsp3) is 0.533. The van der Waals surface area contributed by atoms with Crippen molar-refractivity contribution in [3.05, 3.63) is 29.8 Å². The number of rotatable bonds is 5. The van der Waals surface area contributed by atoms with E-state index in [9.17, 15) is 18.0 Å². The molecular formula is C15H19F3N2O2. The van der Waals surface area contributed by atoms with Crippen LogP contribution in [-0.2, 0) is 11.3 Å². The Bertz CT molecular complexity index is 500. The molecule has 0 spiro atoms. The van der Waals surface area contributed by atoms with Gasteiger partial charge in [0.25, 0.3) is 0 Å². The lowest BCUT2D eigenvalue weighted by Gasteiger charge is -2.22. The molecule has 1 saturated heterocycles. The molecule has 2 N–H and O–H groups in total. The second kappa shape index (κ2) is 7.49. The van der Waals surface area contributed by atoms with Gasteiger partial charge in [0.1, 0.15) is 5.75 Å². The number of ether oxygens (including phenoxy) is 1. The van der Waals surface area contributed by atoms with E-state index in [4.69, 9.17) is 4.74 Å². The van der Waals surface area contributed by atoms with Crippen LogP contribution in [0.15, 0.2) is 24.3 Å². The Kier molecular flexibility index (Phi) is 5.65. The van der Waals surface area contributed by atoms with Crippen molar-refractivity contribution in [1.29, 1.82) is 0 Å². The Morgan fingerprint density at radius 3 is 2.82 bits per heavy atom. The van der Waals surface area contributed by atoms with Gasteiger partial charge in [-0.15, -0.1) is 0 Å². The molecule has 1 aliphatic heterocycles.